The number of hydrogen-bond donors (Lipinski definition) is 1. The molecule has 18 heavy (non-hydrogen) atoms. The van der Waals surface area contributed by atoms with Crippen LogP contribution < -0.4 is 0 Å². The first-order chi connectivity index (χ1) is 8.52. The number of aromatic nitrogens is 2. The van der Waals surface area contributed by atoms with E-state index in [0.717, 1.165) is 0 Å². The van der Waals surface area contributed by atoms with Crippen LogP contribution in [0, 0.1) is 5.92 Å². The van der Waals surface area contributed by atoms with E-state index in [0.29, 0.717) is 18.8 Å². The van der Waals surface area contributed by atoms with Crippen molar-refractivity contribution in [1.82, 2.24) is 19.4 Å². The third-order valence-electron chi connectivity index (χ3n) is 3.52. The first kappa shape index (κ1) is 13.0. The van der Waals surface area contributed by atoms with Crippen molar-refractivity contribution in [2.75, 3.05) is 33.8 Å². The van der Waals surface area contributed by atoms with E-state index in [1.807, 2.05) is 21.1 Å². The Labute approximate surface area is 107 Å². The van der Waals surface area contributed by atoms with Gasteiger partial charge < -0.3 is 19.5 Å². The third kappa shape index (κ3) is 2.39. The molecular weight excluding hydrogens is 232 g/mol. The van der Waals surface area contributed by atoms with E-state index in [1.165, 1.54) is 0 Å². The second-order valence-electron chi connectivity index (χ2n) is 5.11. The monoisotopic (exact) mass is 252 g/mol. The molecule has 2 atom stereocenters. The number of aliphatic hydroxyl groups excluding tert-OH is 1. The fourth-order valence-electron chi connectivity index (χ4n) is 2.47. The summed E-state index contributed by atoms with van der Waals surface area (Å²) in [7, 11) is 5.79. The quantitative estimate of drug-likeness (QED) is 0.781. The van der Waals surface area contributed by atoms with Gasteiger partial charge in [-0.1, -0.05) is 0 Å². The predicted molar refractivity (Wildman–Crippen MR) is 67.2 cm³/mol. The number of likely N-dealkylation sites (tertiary alicyclic amines) is 1. The zero-order chi connectivity index (χ0) is 13.3. The average molecular weight is 252 g/mol. The van der Waals surface area contributed by atoms with E-state index in [4.69, 9.17) is 0 Å². The molecule has 100 valence electrons. The van der Waals surface area contributed by atoms with Gasteiger partial charge in [-0.2, -0.15) is 0 Å². The number of nitrogens with zero attached hydrogens (tertiary/aromatic N) is 4. The molecule has 1 aromatic rings. The number of imidazole rings is 1. The van der Waals surface area contributed by atoms with E-state index < -0.39 is 0 Å². The van der Waals surface area contributed by atoms with Crippen LogP contribution in [0.1, 0.15) is 10.5 Å². The number of amides is 1. The fraction of sp³-hybridized carbons (Fsp3) is 0.667. The van der Waals surface area contributed by atoms with E-state index in [9.17, 15) is 9.90 Å². The number of likely N-dealkylation sites (N-methyl/N-ethyl adjacent to an activating group) is 1. The Morgan fingerprint density at radius 2 is 2.28 bits per heavy atom. The lowest BCUT2D eigenvalue weighted by molar-refractivity contribution is 0.0773. The second kappa shape index (κ2) is 5.07. The summed E-state index contributed by atoms with van der Waals surface area (Å²) in [5.41, 5.74) is 0.466. The Kier molecular flexibility index (Phi) is 3.68. The molecule has 0 radical (unpaired) electrons. The first-order valence-corrected chi connectivity index (χ1v) is 6.07. The normalized spacial score (nSPS) is 23.9. The second-order valence-corrected chi connectivity index (χ2v) is 5.11. The van der Waals surface area contributed by atoms with E-state index in [2.05, 4.69) is 9.88 Å². The lowest BCUT2D eigenvalue weighted by Crippen LogP contribution is -2.37. The zero-order valence-corrected chi connectivity index (χ0v) is 11.1. The summed E-state index contributed by atoms with van der Waals surface area (Å²) in [5.74, 6) is 0.0612. The van der Waals surface area contributed by atoms with Gasteiger partial charge >= 0.3 is 0 Å². The van der Waals surface area contributed by atoms with Crippen LogP contribution in [0.3, 0.4) is 0 Å². The van der Waals surface area contributed by atoms with Gasteiger partial charge in [0.05, 0.1) is 6.33 Å². The summed E-state index contributed by atoms with van der Waals surface area (Å²) in [6, 6.07) is 0.211. The highest BCUT2D eigenvalue weighted by Crippen LogP contribution is 2.21. The number of carbonyl (C=O) groups excluding carboxylic acids is 1. The summed E-state index contributed by atoms with van der Waals surface area (Å²) >= 11 is 0. The van der Waals surface area contributed by atoms with Crippen LogP contribution in [0.15, 0.2) is 12.5 Å². The van der Waals surface area contributed by atoms with Crippen molar-refractivity contribution in [3.8, 4) is 0 Å². The molecule has 1 N–H and O–H groups in total. The molecule has 1 aromatic heterocycles. The molecule has 1 amide bonds. The molecule has 0 unspecified atom stereocenters. The van der Waals surface area contributed by atoms with Crippen molar-refractivity contribution in [2.45, 2.75) is 6.04 Å². The largest absolute Gasteiger partial charge is 0.396 e. The Morgan fingerprint density at radius 3 is 2.72 bits per heavy atom. The Morgan fingerprint density at radius 1 is 1.56 bits per heavy atom. The zero-order valence-electron chi connectivity index (χ0n) is 11.1. The molecule has 6 heteroatoms. The van der Waals surface area contributed by atoms with Gasteiger partial charge in [-0.3, -0.25) is 4.79 Å². The number of aliphatic hydroxyl groups is 1. The van der Waals surface area contributed by atoms with Gasteiger partial charge in [-0.05, 0) is 14.1 Å². The van der Waals surface area contributed by atoms with Crippen LogP contribution in [-0.2, 0) is 7.05 Å². The van der Waals surface area contributed by atoms with E-state index in [-0.39, 0.29) is 24.5 Å². The summed E-state index contributed by atoms with van der Waals surface area (Å²) in [4.78, 5) is 20.2. The van der Waals surface area contributed by atoms with Crippen molar-refractivity contribution in [3.63, 3.8) is 0 Å². The van der Waals surface area contributed by atoms with Crippen molar-refractivity contribution < 1.29 is 9.90 Å². The van der Waals surface area contributed by atoms with Gasteiger partial charge in [0, 0.05) is 44.9 Å². The molecule has 0 aromatic carbocycles. The molecule has 2 rings (SSSR count). The van der Waals surface area contributed by atoms with Crippen LogP contribution in [0.5, 0.6) is 0 Å². The Bertz CT molecular complexity index is 429. The lowest BCUT2D eigenvalue weighted by Gasteiger charge is -2.23. The topological polar surface area (TPSA) is 61.6 Å². The van der Waals surface area contributed by atoms with Gasteiger partial charge in [0.25, 0.3) is 5.91 Å². The lowest BCUT2D eigenvalue weighted by atomic mass is 10.0. The molecule has 0 aliphatic carbocycles. The molecule has 0 spiro atoms. The number of hydrogen-bond acceptors (Lipinski definition) is 4. The van der Waals surface area contributed by atoms with Gasteiger partial charge in [-0.15, -0.1) is 0 Å². The maximum atomic E-state index is 12.2. The fourth-order valence-corrected chi connectivity index (χ4v) is 2.47. The van der Waals surface area contributed by atoms with Crippen molar-refractivity contribution in [2.24, 2.45) is 13.0 Å². The number of rotatable bonds is 3. The van der Waals surface area contributed by atoms with Crippen LogP contribution in [-0.4, -0.2) is 70.2 Å². The van der Waals surface area contributed by atoms with Gasteiger partial charge in [0.2, 0.25) is 0 Å². The molecule has 1 aliphatic rings. The molecule has 0 bridgehead atoms. The minimum Gasteiger partial charge on any atom is -0.396 e. The predicted octanol–water partition coefficient (Wildman–Crippen LogP) is -0.585. The molecule has 2 heterocycles. The number of aryl methyl sites for hydroxylation is 1. The highest BCUT2D eigenvalue weighted by Gasteiger charge is 2.36. The Balaban J connectivity index is 2.09. The minimum absolute atomic E-state index is 0.0570. The summed E-state index contributed by atoms with van der Waals surface area (Å²) in [6.45, 7) is 1.34. The molecule has 1 aliphatic heterocycles. The first-order valence-electron chi connectivity index (χ1n) is 6.07. The van der Waals surface area contributed by atoms with Gasteiger partial charge in [0.1, 0.15) is 5.69 Å². The molecule has 1 saturated heterocycles. The minimum atomic E-state index is -0.0570. The SMILES string of the molecule is CN(C)[C@@H]1CN(C(=O)c2cn(C)cn2)C[C@H]1CO. The van der Waals surface area contributed by atoms with Gasteiger partial charge in [0.15, 0.2) is 0 Å². The molecule has 1 fully saturated rings. The number of carbonyl (C=O) groups is 1. The maximum Gasteiger partial charge on any atom is 0.274 e. The molecule has 0 saturated carbocycles. The standard InChI is InChI=1S/C12H20N4O2/c1-14(2)11-6-16(4-9(11)7-17)12(18)10-5-15(3)8-13-10/h5,8-9,11,17H,4,6-7H2,1-3H3/t9-,11+/m0/s1. The van der Waals surface area contributed by atoms with Crippen LogP contribution in [0.25, 0.3) is 0 Å². The highest BCUT2D eigenvalue weighted by atomic mass is 16.3. The average Bonchev–Trinajstić information content (AvgIpc) is 2.93. The molecular formula is C12H20N4O2. The highest BCUT2D eigenvalue weighted by molar-refractivity contribution is 5.92. The smallest absolute Gasteiger partial charge is 0.274 e. The Hall–Kier alpha value is -1.40. The van der Waals surface area contributed by atoms with Crippen LogP contribution >= 0.6 is 0 Å². The van der Waals surface area contributed by atoms with Crippen LogP contribution in [0.4, 0.5) is 0 Å². The van der Waals surface area contributed by atoms with Crippen molar-refractivity contribution in [3.05, 3.63) is 18.2 Å². The van der Waals surface area contributed by atoms with Crippen molar-refractivity contribution in [1.29, 1.82) is 0 Å². The maximum absolute atomic E-state index is 12.2. The van der Waals surface area contributed by atoms with Crippen molar-refractivity contribution >= 4 is 5.91 Å². The van der Waals surface area contributed by atoms with E-state index in [1.54, 1.807) is 22.0 Å². The third-order valence-corrected chi connectivity index (χ3v) is 3.52. The molecule has 6 nitrogen and oxygen atoms in total. The summed E-state index contributed by atoms with van der Waals surface area (Å²) in [6.07, 6.45) is 3.34. The van der Waals surface area contributed by atoms with Crippen LogP contribution in [0.2, 0.25) is 0 Å². The van der Waals surface area contributed by atoms with Gasteiger partial charge in [-0.25, -0.2) is 4.98 Å². The summed E-state index contributed by atoms with van der Waals surface area (Å²) in [5, 5.41) is 9.38. The van der Waals surface area contributed by atoms with E-state index >= 15 is 0 Å². The summed E-state index contributed by atoms with van der Waals surface area (Å²) < 4.78 is 1.76.